The van der Waals surface area contributed by atoms with Gasteiger partial charge in [0, 0.05) is 13.2 Å². The Balaban J connectivity index is 2.67. The minimum absolute atomic E-state index is 0.0916. The van der Waals surface area contributed by atoms with Crippen molar-refractivity contribution < 1.29 is 19.4 Å². The number of nitrogens with zero attached hydrogens (tertiary/aromatic N) is 1. The smallest absolute Gasteiger partial charge is 0.323 e. The van der Waals surface area contributed by atoms with Crippen LogP contribution in [-0.4, -0.2) is 47.7 Å². The van der Waals surface area contributed by atoms with E-state index in [1.807, 2.05) is 20.8 Å². The zero-order valence-corrected chi connectivity index (χ0v) is 10.7. The number of carboxylic acids is 1. The summed E-state index contributed by atoms with van der Waals surface area (Å²) in [6.45, 7) is 6.64. The third-order valence-electron chi connectivity index (χ3n) is 2.92. The van der Waals surface area contributed by atoms with Crippen LogP contribution in [-0.2, 0) is 14.3 Å². The van der Waals surface area contributed by atoms with E-state index in [9.17, 15) is 9.59 Å². The van der Waals surface area contributed by atoms with E-state index < -0.39 is 5.97 Å². The maximum Gasteiger partial charge on any atom is 0.323 e. The molecule has 1 heterocycles. The van der Waals surface area contributed by atoms with Gasteiger partial charge in [-0.1, -0.05) is 13.8 Å². The molecule has 1 aliphatic rings. The molecule has 2 atom stereocenters. The number of rotatable bonds is 5. The molecule has 1 rings (SSSR count). The van der Waals surface area contributed by atoms with E-state index in [1.165, 1.54) is 4.90 Å². The van der Waals surface area contributed by atoms with Gasteiger partial charge in [-0.15, -0.1) is 0 Å². The summed E-state index contributed by atoms with van der Waals surface area (Å²) >= 11 is 0. The molecule has 0 aromatic carbocycles. The Labute approximate surface area is 102 Å². The van der Waals surface area contributed by atoms with E-state index in [2.05, 4.69) is 0 Å². The highest BCUT2D eigenvalue weighted by Gasteiger charge is 2.34. The van der Waals surface area contributed by atoms with Crippen LogP contribution in [0, 0.1) is 11.8 Å². The van der Waals surface area contributed by atoms with Gasteiger partial charge >= 0.3 is 5.97 Å². The lowest BCUT2D eigenvalue weighted by Crippen LogP contribution is -2.43. The number of ether oxygens (including phenoxy) is 1. The van der Waals surface area contributed by atoms with E-state index in [0.29, 0.717) is 19.6 Å². The Hall–Kier alpha value is -1.10. The first kappa shape index (κ1) is 14.0. The van der Waals surface area contributed by atoms with Crippen molar-refractivity contribution in [1.82, 2.24) is 4.90 Å². The first-order chi connectivity index (χ1) is 7.91. The Morgan fingerprint density at radius 3 is 2.53 bits per heavy atom. The highest BCUT2D eigenvalue weighted by molar-refractivity contribution is 5.83. The fraction of sp³-hybridized carbons (Fsp3) is 0.833. The normalized spacial score (nSPS) is 24.0. The largest absolute Gasteiger partial charge is 0.480 e. The lowest BCUT2D eigenvalue weighted by molar-refractivity contribution is -0.147. The van der Waals surface area contributed by atoms with Gasteiger partial charge in [0.2, 0.25) is 5.91 Å². The lowest BCUT2D eigenvalue weighted by Gasteiger charge is -2.26. The fourth-order valence-electron chi connectivity index (χ4n) is 2.13. The van der Waals surface area contributed by atoms with Crippen molar-refractivity contribution in [2.24, 2.45) is 11.8 Å². The van der Waals surface area contributed by atoms with Gasteiger partial charge in [-0.2, -0.15) is 0 Å². The van der Waals surface area contributed by atoms with E-state index >= 15 is 0 Å². The van der Waals surface area contributed by atoms with Gasteiger partial charge in [0.05, 0.1) is 12.0 Å². The van der Waals surface area contributed by atoms with Crippen LogP contribution in [0.5, 0.6) is 0 Å². The molecule has 1 amide bonds. The van der Waals surface area contributed by atoms with Crippen molar-refractivity contribution in [2.75, 3.05) is 19.7 Å². The van der Waals surface area contributed by atoms with Gasteiger partial charge < -0.3 is 14.7 Å². The molecule has 0 aromatic rings. The number of hydrogen-bond acceptors (Lipinski definition) is 3. The zero-order valence-electron chi connectivity index (χ0n) is 10.7. The molecular formula is C12H21NO4. The molecule has 0 aliphatic carbocycles. The topological polar surface area (TPSA) is 66.8 Å². The molecule has 0 bridgehead atoms. The van der Waals surface area contributed by atoms with Gasteiger partial charge in [-0.25, -0.2) is 0 Å². The maximum absolute atomic E-state index is 12.2. The van der Waals surface area contributed by atoms with Gasteiger partial charge in [0.15, 0.2) is 0 Å². The number of carbonyl (C=O) groups is 2. The highest BCUT2D eigenvalue weighted by atomic mass is 16.5. The maximum atomic E-state index is 12.2. The van der Waals surface area contributed by atoms with E-state index in [-0.39, 0.29) is 30.4 Å². The third-order valence-corrected chi connectivity index (χ3v) is 2.92. The Kier molecular flexibility index (Phi) is 4.93. The predicted molar refractivity (Wildman–Crippen MR) is 62.6 cm³/mol. The van der Waals surface area contributed by atoms with Gasteiger partial charge in [0.25, 0.3) is 0 Å². The van der Waals surface area contributed by atoms with Crippen LogP contribution in [0.1, 0.15) is 27.2 Å². The number of carboxylic acid groups (broad SMARTS) is 1. The van der Waals surface area contributed by atoms with Crippen molar-refractivity contribution in [2.45, 2.75) is 33.3 Å². The van der Waals surface area contributed by atoms with Crippen LogP contribution in [0.3, 0.4) is 0 Å². The van der Waals surface area contributed by atoms with Crippen LogP contribution in [0.4, 0.5) is 0 Å². The molecule has 0 spiro atoms. The van der Waals surface area contributed by atoms with Crippen molar-refractivity contribution >= 4 is 11.9 Å². The van der Waals surface area contributed by atoms with Crippen molar-refractivity contribution in [1.29, 1.82) is 0 Å². The minimum atomic E-state index is -0.967. The van der Waals surface area contributed by atoms with Gasteiger partial charge in [-0.3, -0.25) is 9.59 Å². The summed E-state index contributed by atoms with van der Waals surface area (Å²) in [6.07, 6.45) is 0.583. The molecule has 1 N–H and O–H groups in total. The van der Waals surface area contributed by atoms with Crippen LogP contribution in [0.25, 0.3) is 0 Å². The first-order valence-corrected chi connectivity index (χ1v) is 6.04. The molecule has 5 nitrogen and oxygen atoms in total. The Morgan fingerprint density at radius 2 is 2.12 bits per heavy atom. The molecule has 1 saturated heterocycles. The summed E-state index contributed by atoms with van der Waals surface area (Å²) in [4.78, 5) is 24.4. The molecule has 0 saturated carbocycles. The molecule has 5 heteroatoms. The van der Waals surface area contributed by atoms with E-state index in [0.717, 1.165) is 0 Å². The molecule has 17 heavy (non-hydrogen) atoms. The third kappa shape index (κ3) is 4.00. The second-order valence-corrected chi connectivity index (χ2v) is 4.98. The molecular weight excluding hydrogens is 222 g/mol. The van der Waals surface area contributed by atoms with Crippen molar-refractivity contribution in [3.05, 3.63) is 0 Å². The van der Waals surface area contributed by atoms with Crippen molar-refractivity contribution in [3.8, 4) is 0 Å². The number of amides is 1. The standard InChI is InChI=1S/C12H21NO4/c1-8(2)6-13(7-11(14)15)12(16)10-4-5-17-9(10)3/h8-10H,4-7H2,1-3H3,(H,14,15). The average Bonchev–Trinajstić information content (AvgIpc) is 2.61. The first-order valence-electron chi connectivity index (χ1n) is 6.04. The predicted octanol–water partition coefficient (Wildman–Crippen LogP) is 0.981. The molecule has 0 radical (unpaired) electrons. The fourth-order valence-corrected chi connectivity index (χ4v) is 2.13. The summed E-state index contributed by atoms with van der Waals surface area (Å²) in [7, 11) is 0. The Bertz CT molecular complexity index is 290. The summed E-state index contributed by atoms with van der Waals surface area (Å²) in [5.74, 6) is -0.985. The molecule has 1 aliphatic heterocycles. The molecule has 0 aromatic heterocycles. The minimum Gasteiger partial charge on any atom is -0.480 e. The average molecular weight is 243 g/mol. The number of carbonyl (C=O) groups excluding carboxylic acids is 1. The van der Waals surface area contributed by atoms with Crippen LogP contribution in [0.15, 0.2) is 0 Å². The monoisotopic (exact) mass is 243 g/mol. The molecule has 1 fully saturated rings. The van der Waals surface area contributed by atoms with Gasteiger partial charge in [-0.05, 0) is 19.3 Å². The summed E-state index contributed by atoms with van der Waals surface area (Å²) < 4.78 is 5.35. The second kappa shape index (κ2) is 6.00. The Morgan fingerprint density at radius 1 is 1.47 bits per heavy atom. The summed E-state index contributed by atoms with van der Waals surface area (Å²) in [5.41, 5.74) is 0. The number of hydrogen-bond donors (Lipinski definition) is 1. The van der Waals surface area contributed by atoms with Crippen LogP contribution >= 0.6 is 0 Å². The second-order valence-electron chi connectivity index (χ2n) is 4.98. The molecule has 2 unspecified atom stereocenters. The SMILES string of the molecule is CC(C)CN(CC(=O)O)C(=O)C1CCOC1C. The lowest BCUT2D eigenvalue weighted by atomic mass is 10.0. The van der Waals surface area contributed by atoms with E-state index in [1.54, 1.807) is 0 Å². The zero-order chi connectivity index (χ0) is 13.0. The van der Waals surface area contributed by atoms with Crippen LogP contribution in [0.2, 0.25) is 0 Å². The highest BCUT2D eigenvalue weighted by Crippen LogP contribution is 2.23. The quantitative estimate of drug-likeness (QED) is 0.781. The van der Waals surface area contributed by atoms with Crippen LogP contribution < -0.4 is 0 Å². The van der Waals surface area contributed by atoms with Crippen molar-refractivity contribution in [3.63, 3.8) is 0 Å². The summed E-state index contributed by atoms with van der Waals surface area (Å²) in [6, 6.07) is 0. The number of aliphatic carboxylic acids is 1. The molecule has 98 valence electrons. The van der Waals surface area contributed by atoms with Gasteiger partial charge in [0.1, 0.15) is 6.54 Å². The van der Waals surface area contributed by atoms with E-state index in [4.69, 9.17) is 9.84 Å². The summed E-state index contributed by atoms with van der Waals surface area (Å²) in [5, 5.41) is 8.83.